The van der Waals surface area contributed by atoms with E-state index in [1.807, 2.05) is 18.2 Å². The molecule has 2 saturated heterocycles. The molecule has 0 saturated carbocycles. The summed E-state index contributed by atoms with van der Waals surface area (Å²) in [7, 11) is 4.91. The van der Waals surface area contributed by atoms with Gasteiger partial charge < -0.3 is 24.3 Å². The zero-order valence-corrected chi connectivity index (χ0v) is 17.2. The highest BCUT2D eigenvalue weighted by molar-refractivity contribution is 5.77. The number of carbonyl (C=O) groups excluding carboxylic acids is 1. The summed E-state index contributed by atoms with van der Waals surface area (Å²) < 4.78 is 22.1. The number of hydrogen-bond acceptors (Lipinski definition) is 6. The molecule has 0 aliphatic carbocycles. The molecule has 2 aliphatic heterocycles. The summed E-state index contributed by atoms with van der Waals surface area (Å²) in [6.07, 6.45) is 4.19. The number of likely N-dealkylation sites (tertiary alicyclic amines) is 1. The Hall–Kier alpha value is -1.83. The average molecular weight is 392 g/mol. The molecule has 1 spiro atoms. The number of piperidine rings is 1. The highest BCUT2D eigenvalue weighted by atomic mass is 16.5. The zero-order chi connectivity index (χ0) is 20.0. The molecule has 1 amide bonds. The van der Waals surface area contributed by atoms with Crippen molar-refractivity contribution in [1.82, 2.24) is 10.2 Å². The van der Waals surface area contributed by atoms with Crippen LogP contribution >= 0.6 is 0 Å². The SMILES string of the molecule is COCC(=O)NCC1CCC2(CCN(Cc3cc(OC)ccc3OC)CC2)O1. The lowest BCUT2D eigenvalue weighted by molar-refractivity contribution is -0.126. The van der Waals surface area contributed by atoms with E-state index in [0.717, 1.165) is 62.4 Å². The Labute approximate surface area is 167 Å². The van der Waals surface area contributed by atoms with E-state index in [9.17, 15) is 4.79 Å². The van der Waals surface area contributed by atoms with E-state index in [1.165, 1.54) is 7.11 Å². The van der Waals surface area contributed by atoms with Crippen LogP contribution in [-0.4, -0.2) is 70.1 Å². The van der Waals surface area contributed by atoms with E-state index in [2.05, 4.69) is 10.2 Å². The summed E-state index contributed by atoms with van der Waals surface area (Å²) in [6, 6.07) is 5.93. The van der Waals surface area contributed by atoms with Crippen LogP contribution in [0.5, 0.6) is 11.5 Å². The third kappa shape index (κ3) is 5.16. The third-order valence-electron chi connectivity index (χ3n) is 5.79. The molecular weight excluding hydrogens is 360 g/mol. The van der Waals surface area contributed by atoms with Gasteiger partial charge in [-0.1, -0.05) is 0 Å². The minimum absolute atomic E-state index is 0.0361. The summed E-state index contributed by atoms with van der Waals surface area (Å²) >= 11 is 0. The fourth-order valence-corrected chi connectivity index (χ4v) is 4.18. The molecule has 2 heterocycles. The number of amides is 1. The lowest BCUT2D eigenvalue weighted by Crippen LogP contribution is -2.45. The fraction of sp³-hybridized carbons (Fsp3) is 0.667. The topological polar surface area (TPSA) is 69.3 Å². The van der Waals surface area contributed by atoms with Crippen molar-refractivity contribution in [2.75, 3.05) is 47.6 Å². The van der Waals surface area contributed by atoms with Crippen LogP contribution in [-0.2, 0) is 20.8 Å². The van der Waals surface area contributed by atoms with E-state index >= 15 is 0 Å². The lowest BCUT2D eigenvalue weighted by atomic mass is 9.88. The van der Waals surface area contributed by atoms with Crippen LogP contribution in [0.3, 0.4) is 0 Å². The minimum atomic E-state index is -0.0888. The largest absolute Gasteiger partial charge is 0.497 e. The van der Waals surface area contributed by atoms with Gasteiger partial charge in [-0.3, -0.25) is 9.69 Å². The van der Waals surface area contributed by atoms with Crippen LogP contribution in [0.4, 0.5) is 0 Å². The zero-order valence-electron chi connectivity index (χ0n) is 17.2. The van der Waals surface area contributed by atoms with Gasteiger partial charge in [0, 0.05) is 38.9 Å². The van der Waals surface area contributed by atoms with Gasteiger partial charge in [-0.05, 0) is 43.9 Å². The summed E-state index contributed by atoms with van der Waals surface area (Å²) in [5.41, 5.74) is 1.11. The second kappa shape index (κ2) is 9.58. The van der Waals surface area contributed by atoms with Crippen molar-refractivity contribution in [3.63, 3.8) is 0 Å². The van der Waals surface area contributed by atoms with Crippen LogP contribution in [0.2, 0.25) is 0 Å². The molecule has 7 nitrogen and oxygen atoms in total. The molecule has 1 unspecified atom stereocenters. The standard InChI is InChI=1S/C21H32N2O5/c1-25-15-20(24)22-13-18-6-7-21(28-18)8-10-23(11-9-21)14-16-12-17(26-2)4-5-19(16)27-3/h4-5,12,18H,6-11,13-15H2,1-3H3,(H,22,24). The summed E-state index contributed by atoms with van der Waals surface area (Å²) in [6.45, 7) is 3.48. The number of nitrogens with zero attached hydrogens (tertiary/aromatic N) is 1. The van der Waals surface area contributed by atoms with E-state index < -0.39 is 0 Å². The second-order valence-electron chi connectivity index (χ2n) is 7.65. The Morgan fingerprint density at radius 1 is 1.21 bits per heavy atom. The number of methoxy groups -OCH3 is 3. The number of carbonyl (C=O) groups is 1. The van der Waals surface area contributed by atoms with Crippen LogP contribution in [0, 0.1) is 0 Å². The number of benzene rings is 1. The Morgan fingerprint density at radius 2 is 2.00 bits per heavy atom. The van der Waals surface area contributed by atoms with Gasteiger partial charge in [0.15, 0.2) is 0 Å². The number of hydrogen-bond donors (Lipinski definition) is 1. The molecule has 0 radical (unpaired) electrons. The summed E-state index contributed by atoms with van der Waals surface area (Å²) in [5, 5.41) is 2.89. The molecule has 3 rings (SSSR count). The predicted molar refractivity (Wildman–Crippen MR) is 106 cm³/mol. The molecule has 1 N–H and O–H groups in total. The Morgan fingerprint density at radius 3 is 2.68 bits per heavy atom. The smallest absolute Gasteiger partial charge is 0.246 e. The van der Waals surface area contributed by atoms with Crippen LogP contribution in [0.25, 0.3) is 0 Å². The maximum absolute atomic E-state index is 11.6. The van der Waals surface area contributed by atoms with Gasteiger partial charge in [0.25, 0.3) is 0 Å². The first kappa shape index (κ1) is 20.9. The number of nitrogens with one attached hydrogen (secondary N) is 1. The Balaban J connectivity index is 1.49. The second-order valence-corrected chi connectivity index (χ2v) is 7.65. The van der Waals surface area contributed by atoms with Crippen molar-refractivity contribution in [2.45, 2.75) is 43.9 Å². The van der Waals surface area contributed by atoms with Gasteiger partial charge in [0.05, 0.1) is 25.9 Å². The summed E-state index contributed by atoms with van der Waals surface area (Å²) in [4.78, 5) is 14.0. The van der Waals surface area contributed by atoms with Gasteiger partial charge in [0.1, 0.15) is 18.1 Å². The van der Waals surface area contributed by atoms with Gasteiger partial charge in [0.2, 0.25) is 5.91 Å². The van der Waals surface area contributed by atoms with E-state index in [4.69, 9.17) is 18.9 Å². The van der Waals surface area contributed by atoms with E-state index in [0.29, 0.717) is 6.54 Å². The van der Waals surface area contributed by atoms with Crippen LogP contribution in [0.1, 0.15) is 31.2 Å². The summed E-state index contributed by atoms with van der Waals surface area (Å²) in [5.74, 6) is 1.65. The van der Waals surface area contributed by atoms with E-state index in [-0.39, 0.29) is 24.2 Å². The third-order valence-corrected chi connectivity index (χ3v) is 5.79. The Kier molecular flexibility index (Phi) is 7.15. The van der Waals surface area contributed by atoms with Crippen molar-refractivity contribution in [3.8, 4) is 11.5 Å². The minimum Gasteiger partial charge on any atom is -0.497 e. The molecule has 1 atom stereocenters. The molecular formula is C21H32N2O5. The molecule has 7 heteroatoms. The first-order chi connectivity index (χ1) is 13.6. The maximum atomic E-state index is 11.6. The first-order valence-electron chi connectivity index (χ1n) is 9.94. The van der Waals surface area contributed by atoms with Gasteiger partial charge in [-0.25, -0.2) is 0 Å². The van der Waals surface area contributed by atoms with Gasteiger partial charge in [-0.15, -0.1) is 0 Å². The fourth-order valence-electron chi connectivity index (χ4n) is 4.18. The predicted octanol–water partition coefficient (Wildman–Crippen LogP) is 1.98. The van der Waals surface area contributed by atoms with Crippen LogP contribution in [0.15, 0.2) is 18.2 Å². The van der Waals surface area contributed by atoms with Crippen molar-refractivity contribution >= 4 is 5.91 Å². The molecule has 2 aliphatic rings. The quantitative estimate of drug-likeness (QED) is 0.730. The molecule has 156 valence electrons. The highest BCUT2D eigenvalue weighted by Crippen LogP contribution is 2.39. The Bertz CT molecular complexity index is 658. The lowest BCUT2D eigenvalue weighted by Gasteiger charge is -2.39. The number of rotatable bonds is 8. The van der Waals surface area contributed by atoms with Crippen molar-refractivity contribution in [3.05, 3.63) is 23.8 Å². The van der Waals surface area contributed by atoms with Gasteiger partial charge in [-0.2, -0.15) is 0 Å². The highest BCUT2D eigenvalue weighted by Gasteiger charge is 2.42. The monoisotopic (exact) mass is 392 g/mol. The van der Waals surface area contributed by atoms with Crippen molar-refractivity contribution < 1.29 is 23.7 Å². The van der Waals surface area contributed by atoms with E-state index in [1.54, 1.807) is 14.2 Å². The van der Waals surface area contributed by atoms with Crippen LogP contribution < -0.4 is 14.8 Å². The average Bonchev–Trinajstić information content (AvgIpc) is 3.11. The molecule has 0 bridgehead atoms. The molecule has 0 aromatic heterocycles. The van der Waals surface area contributed by atoms with Gasteiger partial charge >= 0.3 is 0 Å². The molecule has 1 aromatic carbocycles. The maximum Gasteiger partial charge on any atom is 0.246 e. The first-order valence-corrected chi connectivity index (χ1v) is 9.94. The molecule has 28 heavy (non-hydrogen) atoms. The van der Waals surface area contributed by atoms with Crippen molar-refractivity contribution in [2.24, 2.45) is 0 Å². The molecule has 2 fully saturated rings. The van der Waals surface area contributed by atoms with Crippen molar-refractivity contribution in [1.29, 1.82) is 0 Å². The molecule has 1 aromatic rings. The normalized spacial score (nSPS) is 21.6. The number of ether oxygens (including phenoxy) is 4.